The van der Waals surface area contributed by atoms with Crippen LogP contribution in [0.15, 0.2) is 28.7 Å². The molecule has 0 spiro atoms. The first-order valence-electron chi connectivity index (χ1n) is 6.44. The minimum Gasteiger partial charge on any atom is -0.395 e. The molecule has 1 rings (SSSR count). The molecule has 0 aliphatic rings. The molecule has 18 heavy (non-hydrogen) atoms. The van der Waals surface area contributed by atoms with E-state index in [0.717, 1.165) is 29.5 Å². The molecule has 4 heteroatoms. The molecule has 1 unspecified atom stereocenters. The van der Waals surface area contributed by atoms with Gasteiger partial charge in [-0.25, -0.2) is 0 Å². The third kappa shape index (κ3) is 5.06. The van der Waals surface area contributed by atoms with Gasteiger partial charge in [0.05, 0.1) is 12.7 Å². The van der Waals surface area contributed by atoms with Crippen molar-refractivity contribution in [3.05, 3.63) is 34.3 Å². The number of hydrogen-bond donors (Lipinski definition) is 2. The van der Waals surface area contributed by atoms with Gasteiger partial charge in [0, 0.05) is 17.6 Å². The molecule has 0 fully saturated rings. The summed E-state index contributed by atoms with van der Waals surface area (Å²) in [6.45, 7) is 4.73. The third-order valence-electron chi connectivity index (χ3n) is 2.94. The monoisotopic (exact) mass is 315 g/mol. The fourth-order valence-corrected chi connectivity index (χ4v) is 2.55. The number of rotatable bonds is 8. The van der Waals surface area contributed by atoms with Gasteiger partial charge in [0.15, 0.2) is 0 Å². The van der Waals surface area contributed by atoms with E-state index < -0.39 is 6.10 Å². The Hall–Kier alpha value is -0.420. The molecule has 0 aliphatic carbocycles. The second-order valence-corrected chi connectivity index (χ2v) is 5.25. The van der Waals surface area contributed by atoms with Crippen LogP contribution in [0, 0.1) is 0 Å². The van der Waals surface area contributed by atoms with Crippen molar-refractivity contribution in [1.29, 1.82) is 0 Å². The molecule has 2 N–H and O–H groups in total. The highest BCUT2D eigenvalue weighted by Crippen LogP contribution is 2.25. The van der Waals surface area contributed by atoms with E-state index >= 15 is 0 Å². The molecule has 0 aliphatic heterocycles. The van der Waals surface area contributed by atoms with E-state index in [9.17, 15) is 5.11 Å². The van der Waals surface area contributed by atoms with Crippen molar-refractivity contribution in [1.82, 2.24) is 4.90 Å². The maximum Gasteiger partial charge on any atom is 0.0813 e. The molecular formula is C14H22BrNO2. The second kappa shape index (κ2) is 8.64. The Balaban J connectivity index is 2.49. The van der Waals surface area contributed by atoms with Gasteiger partial charge in [-0.1, -0.05) is 41.1 Å². The Morgan fingerprint density at radius 2 is 1.94 bits per heavy atom. The van der Waals surface area contributed by atoms with Crippen molar-refractivity contribution in [3.63, 3.8) is 0 Å². The Morgan fingerprint density at radius 1 is 1.22 bits per heavy atom. The van der Waals surface area contributed by atoms with Crippen LogP contribution in [0.25, 0.3) is 0 Å². The topological polar surface area (TPSA) is 43.7 Å². The van der Waals surface area contributed by atoms with E-state index in [-0.39, 0.29) is 6.61 Å². The fraction of sp³-hybridized carbons (Fsp3) is 0.571. The lowest BCUT2D eigenvalue weighted by Gasteiger charge is -2.22. The molecule has 0 aromatic heterocycles. The minimum absolute atomic E-state index is 0.172. The molecule has 1 atom stereocenters. The highest BCUT2D eigenvalue weighted by molar-refractivity contribution is 9.10. The summed E-state index contributed by atoms with van der Waals surface area (Å²) in [4.78, 5) is 2.18. The summed E-state index contributed by atoms with van der Waals surface area (Å²) < 4.78 is 0.946. The number of hydrogen-bond acceptors (Lipinski definition) is 3. The van der Waals surface area contributed by atoms with E-state index in [1.807, 2.05) is 24.3 Å². The Labute approximate surface area is 118 Å². The number of benzene rings is 1. The summed E-state index contributed by atoms with van der Waals surface area (Å²) in [6, 6.07) is 7.75. The molecule has 1 aromatic rings. The van der Waals surface area contributed by atoms with Crippen LogP contribution in [-0.4, -0.2) is 41.4 Å². The molecule has 0 heterocycles. The van der Waals surface area contributed by atoms with Crippen LogP contribution in [0.1, 0.15) is 31.4 Å². The molecule has 0 bridgehead atoms. The van der Waals surface area contributed by atoms with Crippen LogP contribution < -0.4 is 0 Å². The number of aliphatic hydroxyl groups is 2. The van der Waals surface area contributed by atoms with Crippen molar-refractivity contribution < 1.29 is 10.2 Å². The van der Waals surface area contributed by atoms with Gasteiger partial charge in [0.1, 0.15) is 0 Å². The maximum absolute atomic E-state index is 10.2. The van der Waals surface area contributed by atoms with E-state index in [4.69, 9.17) is 5.11 Å². The molecule has 3 nitrogen and oxygen atoms in total. The Morgan fingerprint density at radius 3 is 2.56 bits per heavy atom. The molecule has 0 amide bonds. The largest absolute Gasteiger partial charge is 0.395 e. The lowest BCUT2D eigenvalue weighted by atomic mass is 10.1. The van der Waals surface area contributed by atoms with Crippen LogP contribution in [-0.2, 0) is 0 Å². The lowest BCUT2D eigenvalue weighted by molar-refractivity contribution is 0.130. The van der Waals surface area contributed by atoms with Crippen LogP contribution >= 0.6 is 15.9 Å². The van der Waals surface area contributed by atoms with E-state index in [2.05, 4.69) is 27.8 Å². The van der Waals surface area contributed by atoms with Gasteiger partial charge in [-0.3, -0.25) is 0 Å². The molecule has 0 saturated carbocycles. The first kappa shape index (κ1) is 15.6. The van der Waals surface area contributed by atoms with Gasteiger partial charge in [-0.2, -0.15) is 0 Å². The predicted molar refractivity (Wildman–Crippen MR) is 77.5 cm³/mol. The van der Waals surface area contributed by atoms with Crippen LogP contribution in [0.3, 0.4) is 0 Å². The van der Waals surface area contributed by atoms with Gasteiger partial charge < -0.3 is 15.1 Å². The van der Waals surface area contributed by atoms with Gasteiger partial charge in [0.2, 0.25) is 0 Å². The smallest absolute Gasteiger partial charge is 0.0813 e. The summed E-state index contributed by atoms with van der Waals surface area (Å²) in [6.07, 6.45) is 1.28. The van der Waals surface area contributed by atoms with E-state index in [1.165, 1.54) is 0 Å². The van der Waals surface area contributed by atoms with Gasteiger partial charge in [0.25, 0.3) is 0 Å². The standard InChI is InChI=1S/C14H22BrNO2/c1-2-8-16(10-11-17)9-7-14(18)12-5-3-4-6-13(12)15/h3-6,14,17-18H,2,7-11H2,1H3. The zero-order chi connectivity index (χ0) is 13.4. The van der Waals surface area contributed by atoms with Gasteiger partial charge >= 0.3 is 0 Å². The van der Waals surface area contributed by atoms with Crippen molar-refractivity contribution >= 4 is 15.9 Å². The van der Waals surface area contributed by atoms with Crippen LogP contribution in [0.5, 0.6) is 0 Å². The highest BCUT2D eigenvalue weighted by Gasteiger charge is 2.12. The lowest BCUT2D eigenvalue weighted by Crippen LogP contribution is -2.29. The first-order chi connectivity index (χ1) is 8.69. The summed E-state index contributed by atoms with van der Waals surface area (Å²) in [7, 11) is 0. The summed E-state index contributed by atoms with van der Waals surface area (Å²) in [5.41, 5.74) is 0.929. The average molecular weight is 316 g/mol. The van der Waals surface area contributed by atoms with Crippen LogP contribution in [0.2, 0.25) is 0 Å². The van der Waals surface area contributed by atoms with E-state index in [1.54, 1.807) is 0 Å². The predicted octanol–water partition coefficient (Wildman–Crippen LogP) is 2.58. The van der Waals surface area contributed by atoms with Gasteiger partial charge in [-0.15, -0.1) is 0 Å². The van der Waals surface area contributed by atoms with Gasteiger partial charge in [-0.05, 0) is 31.0 Å². The summed E-state index contributed by atoms with van der Waals surface area (Å²) >= 11 is 3.45. The minimum atomic E-state index is -0.460. The zero-order valence-electron chi connectivity index (χ0n) is 10.8. The highest BCUT2D eigenvalue weighted by atomic mass is 79.9. The number of halogens is 1. The van der Waals surface area contributed by atoms with Crippen molar-refractivity contribution in [2.24, 2.45) is 0 Å². The number of nitrogens with zero attached hydrogens (tertiary/aromatic N) is 1. The average Bonchev–Trinajstić information content (AvgIpc) is 2.36. The summed E-state index contributed by atoms with van der Waals surface area (Å²) in [5.74, 6) is 0. The molecule has 102 valence electrons. The van der Waals surface area contributed by atoms with Crippen LogP contribution in [0.4, 0.5) is 0 Å². The number of aliphatic hydroxyl groups excluding tert-OH is 2. The summed E-state index contributed by atoms with van der Waals surface area (Å²) in [5, 5.41) is 19.1. The zero-order valence-corrected chi connectivity index (χ0v) is 12.4. The third-order valence-corrected chi connectivity index (χ3v) is 3.66. The normalized spacial score (nSPS) is 12.9. The molecule has 0 radical (unpaired) electrons. The van der Waals surface area contributed by atoms with Crippen molar-refractivity contribution in [2.75, 3.05) is 26.2 Å². The second-order valence-electron chi connectivity index (χ2n) is 4.39. The van der Waals surface area contributed by atoms with Crippen molar-refractivity contribution in [3.8, 4) is 0 Å². The maximum atomic E-state index is 10.2. The molecular weight excluding hydrogens is 294 g/mol. The Kier molecular flexibility index (Phi) is 7.51. The SMILES string of the molecule is CCCN(CCO)CCC(O)c1ccccc1Br. The molecule has 0 saturated heterocycles. The van der Waals surface area contributed by atoms with Crippen molar-refractivity contribution in [2.45, 2.75) is 25.9 Å². The fourth-order valence-electron chi connectivity index (χ4n) is 2.00. The molecule has 1 aromatic carbocycles. The van der Waals surface area contributed by atoms with E-state index in [0.29, 0.717) is 13.0 Å². The Bertz CT molecular complexity index is 340. The first-order valence-corrected chi connectivity index (χ1v) is 7.24. The quantitative estimate of drug-likeness (QED) is 0.775.